The van der Waals surface area contributed by atoms with Gasteiger partial charge in [0, 0.05) is 6.04 Å². The molecule has 1 fully saturated rings. The second kappa shape index (κ2) is 6.36. The van der Waals surface area contributed by atoms with Crippen molar-refractivity contribution in [2.45, 2.75) is 12.5 Å². The van der Waals surface area contributed by atoms with Gasteiger partial charge in [-0.05, 0) is 22.0 Å². The van der Waals surface area contributed by atoms with Gasteiger partial charge in [0.1, 0.15) is 0 Å². The van der Waals surface area contributed by atoms with Crippen LogP contribution in [-0.4, -0.2) is 24.7 Å². The van der Waals surface area contributed by atoms with Crippen LogP contribution in [0.3, 0.4) is 0 Å². The molecule has 132 valence electrons. The summed E-state index contributed by atoms with van der Waals surface area (Å²) < 4.78 is 2.26. The highest BCUT2D eigenvalue weighted by Crippen LogP contribution is 2.36. The second-order valence-electron chi connectivity index (χ2n) is 7.31. The lowest BCUT2D eigenvalue weighted by atomic mass is 10.1. The van der Waals surface area contributed by atoms with Crippen LogP contribution in [0.5, 0.6) is 0 Å². The number of amides is 1. The maximum atomic E-state index is 13.4. The third kappa shape index (κ3) is 2.35. The molecule has 2 nitrogen and oxygen atoms in total. The van der Waals surface area contributed by atoms with Gasteiger partial charge in [0.2, 0.25) is 5.91 Å². The Bertz CT molecular complexity index is 888. The van der Waals surface area contributed by atoms with Crippen LogP contribution in [0.1, 0.15) is 6.42 Å². The highest BCUT2D eigenvalue weighted by Gasteiger charge is 2.55. The summed E-state index contributed by atoms with van der Waals surface area (Å²) in [7, 11) is -2.67. The maximum absolute atomic E-state index is 13.4. The van der Waals surface area contributed by atoms with Crippen molar-refractivity contribution in [3.8, 4) is 0 Å². The lowest BCUT2D eigenvalue weighted by molar-refractivity contribution is -0.127. The number of nitrogens with zero attached hydrogens (tertiary/aromatic N) is 1. The zero-order valence-corrected chi connectivity index (χ0v) is 16.0. The summed E-state index contributed by atoms with van der Waals surface area (Å²) in [6.07, 6.45) is 5.26. The molecule has 1 aliphatic heterocycles. The minimum atomic E-state index is -2.67. The van der Waals surface area contributed by atoms with Crippen molar-refractivity contribution in [1.29, 1.82) is 0 Å². The molecule has 1 amide bonds. The third-order valence-corrected chi connectivity index (χ3v) is 10.7. The van der Waals surface area contributed by atoms with Gasteiger partial charge >= 0.3 is 0 Å². The summed E-state index contributed by atoms with van der Waals surface area (Å²) in [5, 5.41) is 3.78. The Morgan fingerprint density at radius 3 is 1.48 bits per heavy atom. The fourth-order valence-corrected chi connectivity index (χ4v) is 9.81. The number of fused-ring (bicyclic) bond motifs is 2. The molecule has 0 aromatic heterocycles. The molecule has 0 saturated carbocycles. The van der Waals surface area contributed by atoms with Crippen molar-refractivity contribution in [1.82, 2.24) is 4.57 Å². The van der Waals surface area contributed by atoms with E-state index in [0.29, 0.717) is 0 Å². The Labute approximate surface area is 160 Å². The van der Waals surface area contributed by atoms with Crippen molar-refractivity contribution in [3.63, 3.8) is 0 Å². The van der Waals surface area contributed by atoms with Gasteiger partial charge in [-0.15, -0.1) is 0 Å². The molecule has 3 aromatic carbocycles. The number of hydrogen-bond acceptors (Lipinski definition) is 1. The van der Waals surface area contributed by atoms with E-state index in [9.17, 15) is 4.79 Å². The van der Waals surface area contributed by atoms with Gasteiger partial charge in [-0.1, -0.05) is 103 Å². The van der Waals surface area contributed by atoms with Crippen LogP contribution in [-0.2, 0) is 4.79 Å². The smallest absolute Gasteiger partial charge is 0.255 e. The number of benzene rings is 3. The first kappa shape index (κ1) is 16.3. The van der Waals surface area contributed by atoms with E-state index >= 15 is 0 Å². The minimum absolute atomic E-state index is 0.0398. The Balaban J connectivity index is 1.86. The summed E-state index contributed by atoms with van der Waals surface area (Å²) in [5.41, 5.74) is 0. The van der Waals surface area contributed by atoms with E-state index in [2.05, 4.69) is 108 Å². The van der Waals surface area contributed by atoms with Crippen LogP contribution in [0.4, 0.5) is 0 Å². The van der Waals surface area contributed by atoms with E-state index in [1.54, 1.807) is 0 Å². The zero-order valence-electron chi connectivity index (χ0n) is 15.0. The molecule has 3 aromatic rings. The SMILES string of the molecule is O=C1[C@@H]2C=C[C@@H](C2)N1[Si](c1ccccc1)(c1ccccc1)c1ccccc1. The average molecular weight is 368 g/mol. The molecule has 1 saturated heterocycles. The molecule has 2 atom stereocenters. The van der Waals surface area contributed by atoms with Crippen molar-refractivity contribution >= 4 is 29.7 Å². The fraction of sp³-hybridized carbons (Fsp3) is 0.125. The molecule has 0 unspecified atom stereocenters. The van der Waals surface area contributed by atoms with Crippen molar-refractivity contribution in [2.24, 2.45) is 5.92 Å². The molecule has 0 spiro atoms. The predicted octanol–water partition coefficient (Wildman–Crippen LogP) is 2.44. The van der Waals surface area contributed by atoms with Crippen LogP contribution in [0.15, 0.2) is 103 Å². The standard InChI is InChI=1S/C24H21NOSi/c26-24-19-16-17-20(18-19)25(24)27(21-10-4-1-5-11-21,22-12-6-2-7-13-22)23-14-8-3-9-15-23/h1-17,19-20H,18H2/t19-,20+/m1/s1. The number of carbonyl (C=O) groups excluding carboxylic acids is 1. The predicted molar refractivity (Wildman–Crippen MR) is 112 cm³/mol. The van der Waals surface area contributed by atoms with Crippen LogP contribution >= 0.6 is 0 Å². The summed E-state index contributed by atoms with van der Waals surface area (Å²) >= 11 is 0. The van der Waals surface area contributed by atoms with Crippen LogP contribution in [0.2, 0.25) is 0 Å². The molecule has 2 bridgehead atoms. The van der Waals surface area contributed by atoms with Gasteiger partial charge in [-0.25, -0.2) is 0 Å². The maximum Gasteiger partial charge on any atom is 0.255 e. The summed E-state index contributed by atoms with van der Waals surface area (Å²) in [6.45, 7) is 0. The lowest BCUT2D eigenvalue weighted by Gasteiger charge is -2.44. The quantitative estimate of drug-likeness (QED) is 0.394. The Hall–Kier alpha value is -2.91. The highest BCUT2D eigenvalue weighted by molar-refractivity contribution is 7.10. The molecule has 1 heterocycles. The zero-order chi connectivity index (χ0) is 18.3. The Morgan fingerprint density at radius 1 is 0.667 bits per heavy atom. The van der Waals surface area contributed by atoms with Gasteiger partial charge in [0.25, 0.3) is 8.24 Å². The normalized spacial score (nSPS) is 21.0. The number of hydrogen-bond donors (Lipinski definition) is 0. The van der Waals surface area contributed by atoms with Crippen molar-refractivity contribution in [3.05, 3.63) is 103 Å². The van der Waals surface area contributed by atoms with Gasteiger partial charge in [-0.3, -0.25) is 4.79 Å². The summed E-state index contributed by atoms with van der Waals surface area (Å²) in [6, 6.07) is 32.1. The van der Waals surface area contributed by atoms with E-state index < -0.39 is 8.24 Å². The second-order valence-corrected chi connectivity index (χ2v) is 10.9. The first-order valence-corrected chi connectivity index (χ1v) is 11.4. The molecule has 0 radical (unpaired) electrons. The summed E-state index contributed by atoms with van der Waals surface area (Å²) in [4.78, 5) is 13.4. The Kier molecular flexibility index (Phi) is 3.83. The fourth-order valence-electron chi connectivity index (χ4n) is 4.77. The van der Waals surface area contributed by atoms with Gasteiger partial charge in [-0.2, -0.15) is 0 Å². The molecule has 27 heavy (non-hydrogen) atoms. The van der Waals surface area contributed by atoms with Crippen molar-refractivity contribution in [2.75, 3.05) is 0 Å². The molecular formula is C24H21NOSi. The van der Waals surface area contributed by atoms with E-state index in [0.717, 1.165) is 6.42 Å². The number of rotatable bonds is 4. The van der Waals surface area contributed by atoms with Gasteiger partial charge in [0.05, 0.1) is 5.92 Å². The van der Waals surface area contributed by atoms with Gasteiger partial charge in [0.15, 0.2) is 0 Å². The van der Waals surface area contributed by atoms with Crippen LogP contribution < -0.4 is 15.6 Å². The van der Waals surface area contributed by atoms with E-state index in [1.807, 2.05) is 0 Å². The summed E-state index contributed by atoms with van der Waals surface area (Å²) in [5.74, 6) is 0.323. The van der Waals surface area contributed by atoms with Crippen molar-refractivity contribution < 1.29 is 4.79 Å². The third-order valence-electron chi connectivity index (χ3n) is 5.88. The number of carbonyl (C=O) groups is 1. The molecule has 3 heteroatoms. The Morgan fingerprint density at radius 2 is 1.11 bits per heavy atom. The highest BCUT2D eigenvalue weighted by atomic mass is 28.3. The molecule has 2 aliphatic rings. The van der Waals surface area contributed by atoms with E-state index in [-0.39, 0.29) is 17.9 Å². The average Bonchev–Trinajstić information content (AvgIpc) is 3.34. The molecular weight excluding hydrogens is 346 g/mol. The van der Waals surface area contributed by atoms with Crippen LogP contribution in [0, 0.1) is 5.92 Å². The first-order chi connectivity index (χ1) is 13.3. The monoisotopic (exact) mass is 367 g/mol. The van der Waals surface area contributed by atoms with E-state index in [1.165, 1.54) is 15.6 Å². The molecule has 1 aliphatic carbocycles. The van der Waals surface area contributed by atoms with Gasteiger partial charge < -0.3 is 4.57 Å². The van der Waals surface area contributed by atoms with Crippen LogP contribution in [0.25, 0.3) is 0 Å². The lowest BCUT2D eigenvalue weighted by Crippen LogP contribution is -2.79. The molecule has 5 rings (SSSR count). The van der Waals surface area contributed by atoms with E-state index in [4.69, 9.17) is 0 Å². The largest absolute Gasteiger partial charge is 0.350 e. The first-order valence-electron chi connectivity index (χ1n) is 9.50. The minimum Gasteiger partial charge on any atom is -0.350 e. The topological polar surface area (TPSA) is 20.3 Å². The molecule has 0 N–H and O–H groups in total.